The number of nitrogen functional groups attached to an aromatic ring is 1. The fraction of sp³-hybridized carbons (Fsp3) is 0.300. The Bertz CT molecular complexity index is 577. The predicted molar refractivity (Wildman–Crippen MR) is 62.0 cm³/mol. The number of aryl methyl sites for hydroxylation is 1. The van der Waals surface area contributed by atoms with Gasteiger partial charge in [0.05, 0.1) is 12.1 Å². The summed E-state index contributed by atoms with van der Waals surface area (Å²) >= 11 is 0. The number of alkyl halides is 3. The van der Waals surface area contributed by atoms with Crippen LogP contribution in [0.1, 0.15) is 11.4 Å². The van der Waals surface area contributed by atoms with Gasteiger partial charge in [0.15, 0.2) is 5.82 Å². The van der Waals surface area contributed by atoms with Gasteiger partial charge in [-0.25, -0.2) is 9.97 Å². The summed E-state index contributed by atoms with van der Waals surface area (Å²) in [5, 5.41) is 6.68. The van der Waals surface area contributed by atoms with Gasteiger partial charge in [0.1, 0.15) is 18.0 Å². The van der Waals surface area contributed by atoms with E-state index in [4.69, 9.17) is 5.73 Å². The minimum absolute atomic E-state index is 0.0276. The van der Waals surface area contributed by atoms with Crippen LogP contribution in [0.15, 0.2) is 18.5 Å². The van der Waals surface area contributed by atoms with Crippen molar-refractivity contribution in [3.05, 3.63) is 29.8 Å². The molecule has 0 bridgehead atoms. The Kier molecular flexibility index (Phi) is 3.28. The molecule has 0 aliphatic carbocycles. The lowest BCUT2D eigenvalue weighted by atomic mass is 10.2. The molecule has 102 valence electrons. The molecule has 3 N–H and O–H groups in total. The molecule has 0 unspecified atom stereocenters. The zero-order valence-corrected chi connectivity index (χ0v) is 9.94. The normalized spacial score (nSPS) is 11.6. The van der Waals surface area contributed by atoms with E-state index in [-0.39, 0.29) is 18.2 Å². The largest absolute Gasteiger partial charge is 0.416 e. The van der Waals surface area contributed by atoms with E-state index >= 15 is 0 Å². The second-order valence-electron chi connectivity index (χ2n) is 3.85. The van der Waals surface area contributed by atoms with Crippen LogP contribution in [-0.4, -0.2) is 19.7 Å². The topological polar surface area (TPSA) is 81.7 Å². The smallest absolute Gasteiger partial charge is 0.384 e. The molecule has 2 aromatic rings. The maximum absolute atomic E-state index is 12.6. The summed E-state index contributed by atoms with van der Waals surface area (Å²) in [5.41, 5.74) is 4.49. The van der Waals surface area contributed by atoms with Crippen molar-refractivity contribution < 1.29 is 13.2 Å². The zero-order chi connectivity index (χ0) is 14.0. The number of rotatable bonds is 3. The summed E-state index contributed by atoms with van der Waals surface area (Å²) in [5.74, 6) is 0.270. The predicted octanol–water partition coefficient (Wildman–Crippen LogP) is 1.42. The molecule has 0 amide bonds. The van der Waals surface area contributed by atoms with Crippen molar-refractivity contribution in [1.82, 2.24) is 19.7 Å². The lowest BCUT2D eigenvalue weighted by Crippen LogP contribution is -2.10. The van der Waals surface area contributed by atoms with Crippen molar-refractivity contribution in [2.75, 3.05) is 11.1 Å². The van der Waals surface area contributed by atoms with E-state index in [9.17, 15) is 13.2 Å². The molecule has 2 rings (SSSR count). The van der Waals surface area contributed by atoms with Gasteiger partial charge < -0.3 is 11.1 Å². The number of anilines is 2. The molecule has 9 heteroatoms. The van der Waals surface area contributed by atoms with Crippen LogP contribution in [0.2, 0.25) is 0 Å². The van der Waals surface area contributed by atoms with Crippen LogP contribution in [0, 0.1) is 0 Å². The molecular weight excluding hydrogens is 261 g/mol. The van der Waals surface area contributed by atoms with Crippen molar-refractivity contribution in [2.45, 2.75) is 12.7 Å². The van der Waals surface area contributed by atoms with Crippen LogP contribution >= 0.6 is 0 Å². The fourth-order valence-corrected chi connectivity index (χ4v) is 1.44. The minimum atomic E-state index is -4.46. The highest BCUT2D eigenvalue weighted by Crippen LogP contribution is 2.31. The van der Waals surface area contributed by atoms with Gasteiger partial charge in [-0.3, -0.25) is 4.68 Å². The second-order valence-corrected chi connectivity index (χ2v) is 3.85. The van der Waals surface area contributed by atoms with Gasteiger partial charge >= 0.3 is 6.18 Å². The van der Waals surface area contributed by atoms with E-state index < -0.39 is 11.7 Å². The first kappa shape index (κ1) is 13.1. The average molecular weight is 272 g/mol. The molecular formula is C10H11F3N6. The molecule has 0 radical (unpaired) electrons. The fourth-order valence-electron chi connectivity index (χ4n) is 1.44. The third-order valence-corrected chi connectivity index (χ3v) is 2.25. The van der Waals surface area contributed by atoms with Crippen LogP contribution in [0.5, 0.6) is 0 Å². The molecule has 2 heterocycles. The van der Waals surface area contributed by atoms with Crippen LogP contribution < -0.4 is 11.1 Å². The summed E-state index contributed by atoms with van der Waals surface area (Å²) in [7, 11) is 1.69. The summed E-state index contributed by atoms with van der Waals surface area (Å²) in [6.07, 6.45) is -2.97. The summed E-state index contributed by atoms with van der Waals surface area (Å²) in [6.45, 7) is 0.161. The molecule has 6 nitrogen and oxygen atoms in total. The number of halogens is 3. The maximum atomic E-state index is 12.6. The number of hydrogen-bond donors (Lipinski definition) is 2. The van der Waals surface area contributed by atoms with Gasteiger partial charge in [-0.15, -0.1) is 0 Å². The molecule has 0 saturated heterocycles. The van der Waals surface area contributed by atoms with E-state index in [1.54, 1.807) is 7.05 Å². The number of pyridine rings is 1. The first-order valence-electron chi connectivity index (χ1n) is 5.28. The van der Waals surface area contributed by atoms with Gasteiger partial charge in [0, 0.05) is 7.05 Å². The van der Waals surface area contributed by atoms with Crippen molar-refractivity contribution in [2.24, 2.45) is 7.05 Å². The standard InChI is InChI=1S/C10H11F3N6/c1-19-5-16-9(18-19)4-15-8-3-6(10(11,12)13)2-7(14)17-8/h2-3,5H,4H2,1H3,(H3,14,15,17). The lowest BCUT2D eigenvalue weighted by molar-refractivity contribution is -0.137. The van der Waals surface area contributed by atoms with Gasteiger partial charge in [-0.2, -0.15) is 18.3 Å². The Morgan fingerprint density at radius 1 is 1.37 bits per heavy atom. The van der Waals surface area contributed by atoms with Crippen molar-refractivity contribution in [3.8, 4) is 0 Å². The van der Waals surface area contributed by atoms with E-state index in [2.05, 4.69) is 20.4 Å². The van der Waals surface area contributed by atoms with Crippen molar-refractivity contribution in [1.29, 1.82) is 0 Å². The molecule has 0 fully saturated rings. The third kappa shape index (κ3) is 3.33. The number of nitrogens with two attached hydrogens (primary N) is 1. The van der Waals surface area contributed by atoms with Gasteiger partial charge in [-0.05, 0) is 12.1 Å². The van der Waals surface area contributed by atoms with Crippen LogP contribution in [0.3, 0.4) is 0 Å². The first-order valence-corrected chi connectivity index (χ1v) is 5.28. The number of aromatic nitrogens is 4. The number of nitrogens with zero attached hydrogens (tertiary/aromatic N) is 4. The van der Waals surface area contributed by atoms with Gasteiger partial charge in [-0.1, -0.05) is 0 Å². The monoisotopic (exact) mass is 272 g/mol. The Morgan fingerprint density at radius 2 is 2.11 bits per heavy atom. The van der Waals surface area contributed by atoms with E-state index in [1.807, 2.05) is 0 Å². The molecule has 19 heavy (non-hydrogen) atoms. The average Bonchev–Trinajstić information content (AvgIpc) is 2.71. The first-order chi connectivity index (χ1) is 8.84. The van der Waals surface area contributed by atoms with Crippen LogP contribution in [-0.2, 0) is 19.8 Å². The van der Waals surface area contributed by atoms with Gasteiger partial charge in [0.2, 0.25) is 0 Å². The molecule has 0 spiro atoms. The Balaban J connectivity index is 2.14. The number of nitrogens with one attached hydrogen (secondary N) is 1. The summed E-state index contributed by atoms with van der Waals surface area (Å²) < 4.78 is 39.2. The third-order valence-electron chi connectivity index (χ3n) is 2.25. The quantitative estimate of drug-likeness (QED) is 0.883. The molecule has 0 aliphatic heterocycles. The SMILES string of the molecule is Cn1cnc(CNc2cc(C(F)(F)F)cc(N)n2)n1. The van der Waals surface area contributed by atoms with Gasteiger partial charge in [0.25, 0.3) is 0 Å². The highest BCUT2D eigenvalue weighted by Gasteiger charge is 2.31. The maximum Gasteiger partial charge on any atom is 0.416 e. The van der Waals surface area contributed by atoms with Crippen molar-refractivity contribution >= 4 is 11.6 Å². The van der Waals surface area contributed by atoms with E-state index in [0.717, 1.165) is 12.1 Å². The molecule has 2 aromatic heterocycles. The second kappa shape index (κ2) is 4.75. The van der Waals surface area contributed by atoms with E-state index in [1.165, 1.54) is 11.0 Å². The Hall–Kier alpha value is -2.32. The highest BCUT2D eigenvalue weighted by atomic mass is 19.4. The molecule has 0 aromatic carbocycles. The lowest BCUT2D eigenvalue weighted by Gasteiger charge is -2.10. The summed E-state index contributed by atoms with van der Waals surface area (Å²) in [6, 6.07) is 1.67. The Morgan fingerprint density at radius 3 is 2.68 bits per heavy atom. The van der Waals surface area contributed by atoms with Crippen LogP contribution in [0.4, 0.5) is 24.8 Å². The zero-order valence-electron chi connectivity index (χ0n) is 9.94. The van der Waals surface area contributed by atoms with Crippen molar-refractivity contribution in [3.63, 3.8) is 0 Å². The molecule has 0 aliphatic rings. The Labute approximate surface area is 106 Å². The molecule has 0 atom stereocenters. The van der Waals surface area contributed by atoms with Crippen LogP contribution in [0.25, 0.3) is 0 Å². The highest BCUT2D eigenvalue weighted by molar-refractivity contribution is 5.47. The van der Waals surface area contributed by atoms with E-state index in [0.29, 0.717) is 5.82 Å². The minimum Gasteiger partial charge on any atom is -0.384 e. The number of hydrogen-bond acceptors (Lipinski definition) is 5. The molecule has 0 saturated carbocycles. The summed E-state index contributed by atoms with van der Waals surface area (Å²) in [4.78, 5) is 7.71.